The van der Waals surface area contributed by atoms with Crippen LogP contribution in [-0.2, 0) is 16.8 Å². The number of anilines is 1. The summed E-state index contributed by atoms with van der Waals surface area (Å²) in [5, 5.41) is 14.3. The van der Waals surface area contributed by atoms with E-state index < -0.39 is 11.8 Å². The Morgan fingerprint density at radius 2 is 2.14 bits per heavy atom. The normalized spacial score (nSPS) is 24.0. The van der Waals surface area contributed by atoms with Gasteiger partial charge in [-0.25, -0.2) is 0 Å². The summed E-state index contributed by atoms with van der Waals surface area (Å²) in [6.45, 7) is 0. The van der Waals surface area contributed by atoms with E-state index in [-0.39, 0.29) is 6.42 Å². The van der Waals surface area contributed by atoms with Gasteiger partial charge >= 0.3 is 0 Å². The van der Waals surface area contributed by atoms with Crippen LogP contribution in [0.3, 0.4) is 0 Å². The molecule has 0 radical (unpaired) electrons. The fourth-order valence-corrected chi connectivity index (χ4v) is 2.79. The molecule has 2 atom stereocenters. The molecule has 21 heavy (non-hydrogen) atoms. The van der Waals surface area contributed by atoms with Crippen LogP contribution in [0.15, 0.2) is 42.6 Å². The fourth-order valence-electron chi connectivity index (χ4n) is 2.79. The number of aldehydes is 1. The third kappa shape index (κ3) is 2.20. The summed E-state index contributed by atoms with van der Waals surface area (Å²) in [7, 11) is 1.54. The lowest BCUT2D eigenvalue weighted by Gasteiger charge is -2.41. The zero-order valence-electron chi connectivity index (χ0n) is 11.6. The Balaban J connectivity index is 2.12. The molecule has 1 aromatic heterocycles. The lowest BCUT2D eigenvalue weighted by molar-refractivity contribution is -0.0888. The van der Waals surface area contributed by atoms with Crippen molar-refractivity contribution < 1.29 is 14.6 Å². The van der Waals surface area contributed by atoms with Crippen LogP contribution in [0.4, 0.5) is 5.69 Å². The summed E-state index contributed by atoms with van der Waals surface area (Å²) in [6.07, 6.45) is 1.93. The summed E-state index contributed by atoms with van der Waals surface area (Å²) in [4.78, 5) is 15.2. The van der Waals surface area contributed by atoms with Gasteiger partial charge in [0.15, 0.2) is 12.5 Å². The van der Waals surface area contributed by atoms with Crippen molar-refractivity contribution in [1.29, 1.82) is 0 Å². The minimum atomic E-state index is -1.26. The molecule has 0 bridgehead atoms. The number of aromatic nitrogens is 1. The van der Waals surface area contributed by atoms with Crippen molar-refractivity contribution in [1.82, 2.24) is 4.98 Å². The molecule has 2 unspecified atom stereocenters. The van der Waals surface area contributed by atoms with Gasteiger partial charge in [-0.1, -0.05) is 30.3 Å². The molecule has 1 aromatic carbocycles. The highest BCUT2D eigenvalue weighted by Crippen LogP contribution is 2.38. The maximum atomic E-state index is 11.2. The highest BCUT2D eigenvalue weighted by molar-refractivity contribution is 5.78. The molecule has 0 fully saturated rings. The number of benzene rings is 1. The Morgan fingerprint density at radius 1 is 1.38 bits per heavy atom. The molecule has 5 heteroatoms. The van der Waals surface area contributed by atoms with Crippen LogP contribution in [-0.4, -0.2) is 29.7 Å². The molecule has 1 aliphatic heterocycles. The largest absolute Gasteiger partial charge is 0.380 e. The van der Waals surface area contributed by atoms with Gasteiger partial charge in [0.2, 0.25) is 0 Å². The molecule has 0 aliphatic carbocycles. The van der Waals surface area contributed by atoms with Crippen LogP contribution in [0.2, 0.25) is 0 Å². The van der Waals surface area contributed by atoms with Crippen LogP contribution in [0.5, 0.6) is 0 Å². The molecule has 0 saturated heterocycles. The minimum absolute atomic E-state index is 0.264. The van der Waals surface area contributed by atoms with Gasteiger partial charge in [-0.2, -0.15) is 0 Å². The highest BCUT2D eigenvalue weighted by Gasteiger charge is 2.43. The van der Waals surface area contributed by atoms with Gasteiger partial charge in [-0.3, -0.25) is 9.78 Å². The van der Waals surface area contributed by atoms with Crippen molar-refractivity contribution in [2.24, 2.45) is 0 Å². The lowest BCUT2D eigenvalue weighted by atomic mass is 9.82. The maximum Gasteiger partial charge on any atom is 0.168 e. The van der Waals surface area contributed by atoms with Crippen molar-refractivity contribution in [2.75, 3.05) is 12.4 Å². The third-order valence-electron chi connectivity index (χ3n) is 3.88. The smallest absolute Gasteiger partial charge is 0.168 e. The Labute approximate surface area is 122 Å². The number of aliphatic hydroxyl groups is 1. The van der Waals surface area contributed by atoms with E-state index in [1.165, 1.54) is 0 Å². The van der Waals surface area contributed by atoms with E-state index in [4.69, 9.17) is 4.74 Å². The van der Waals surface area contributed by atoms with Gasteiger partial charge in [0, 0.05) is 31.0 Å². The second-order valence-electron chi connectivity index (χ2n) is 5.07. The number of pyridine rings is 1. The summed E-state index contributed by atoms with van der Waals surface area (Å²) >= 11 is 0. The number of ether oxygens (including phenoxy) is 1. The predicted molar refractivity (Wildman–Crippen MR) is 78.1 cm³/mol. The molecule has 3 rings (SSSR count). The van der Waals surface area contributed by atoms with Crippen molar-refractivity contribution in [3.8, 4) is 0 Å². The average Bonchev–Trinajstić information content (AvgIpc) is 2.54. The number of methoxy groups -OCH3 is 1. The SMILES string of the molecule is COC1Nc2ccnc(C=O)c2CC1(O)c1ccccc1. The van der Waals surface area contributed by atoms with E-state index in [1.54, 1.807) is 19.4 Å². The first-order valence-electron chi connectivity index (χ1n) is 6.69. The van der Waals surface area contributed by atoms with E-state index in [0.29, 0.717) is 17.5 Å². The summed E-state index contributed by atoms with van der Waals surface area (Å²) in [5.41, 5.74) is 1.27. The summed E-state index contributed by atoms with van der Waals surface area (Å²) < 4.78 is 5.42. The summed E-state index contributed by atoms with van der Waals surface area (Å²) in [6, 6.07) is 11.1. The average molecular weight is 284 g/mol. The molecule has 0 spiro atoms. The standard InChI is InChI=1S/C16H16N2O3/c1-21-15-16(20,11-5-3-2-4-6-11)9-12-13(18-15)7-8-17-14(12)10-19/h2-8,10,15,18,20H,9H2,1H3. The summed E-state index contributed by atoms with van der Waals surface area (Å²) in [5.74, 6) is 0. The van der Waals surface area contributed by atoms with E-state index >= 15 is 0 Å². The Bertz CT molecular complexity index is 660. The first-order valence-corrected chi connectivity index (χ1v) is 6.69. The number of rotatable bonds is 3. The molecule has 1 aliphatic rings. The molecule has 2 aromatic rings. The van der Waals surface area contributed by atoms with E-state index in [2.05, 4.69) is 10.3 Å². The van der Waals surface area contributed by atoms with Crippen LogP contribution < -0.4 is 5.32 Å². The number of fused-ring (bicyclic) bond motifs is 1. The number of carbonyl (C=O) groups excluding carboxylic acids is 1. The molecule has 5 nitrogen and oxygen atoms in total. The Kier molecular flexibility index (Phi) is 3.45. The first kappa shape index (κ1) is 13.7. The lowest BCUT2D eigenvalue weighted by Crippen LogP contribution is -2.50. The molecular weight excluding hydrogens is 268 g/mol. The number of nitrogens with zero attached hydrogens (tertiary/aromatic N) is 1. The van der Waals surface area contributed by atoms with Crippen LogP contribution >= 0.6 is 0 Å². The number of hydrogen-bond acceptors (Lipinski definition) is 5. The van der Waals surface area contributed by atoms with Crippen LogP contribution in [0.1, 0.15) is 21.6 Å². The Morgan fingerprint density at radius 3 is 2.81 bits per heavy atom. The van der Waals surface area contributed by atoms with Crippen LogP contribution in [0.25, 0.3) is 0 Å². The second-order valence-corrected chi connectivity index (χ2v) is 5.07. The maximum absolute atomic E-state index is 11.2. The predicted octanol–water partition coefficient (Wildman–Crippen LogP) is 1.72. The van der Waals surface area contributed by atoms with Gasteiger partial charge in [0.1, 0.15) is 11.3 Å². The zero-order valence-corrected chi connectivity index (χ0v) is 11.6. The molecule has 2 N–H and O–H groups in total. The van der Waals surface area contributed by atoms with E-state index in [9.17, 15) is 9.90 Å². The molecular formula is C16H16N2O3. The van der Waals surface area contributed by atoms with Gasteiger partial charge in [0.25, 0.3) is 0 Å². The monoisotopic (exact) mass is 284 g/mol. The highest BCUT2D eigenvalue weighted by atomic mass is 16.5. The zero-order chi connectivity index (χ0) is 14.9. The van der Waals surface area contributed by atoms with Crippen molar-refractivity contribution in [2.45, 2.75) is 18.2 Å². The van der Waals surface area contributed by atoms with Gasteiger partial charge in [-0.15, -0.1) is 0 Å². The quantitative estimate of drug-likeness (QED) is 0.840. The van der Waals surface area contributed by atoms with Crippen molar-refractivity contribution >= 4 is 12.0 Å². The molecule has 108 valence electrons. The number of carbonyl (C=O) groups is 1. The Hall–Kier alpha value is -2.24. The van der Waals surface area contributed by atoms with Gasteiger partial charge in [0.05, 0.1) is 0 Å². The number of nitrogens with one attached hydrogen (secondary N) is 1. The number of hydrogen-bond donors (Lipinski definition) is 2. The third-order valence-corrected chi connectivity index (χ3v) is 3.88. The fraction of sp³-hybridized carbons (Fsp3) is 0.250. The topological polar surface area (TPSA) is 71.5 Å². The van der Waals surface area contributed by atoms with E-state index in [1.807, 2.05) is 30.3 Å². The molecule has 2 heterocycles. The van der Waals surface area contributed by atoms with Crippen molar-refractivity contribution in [3.05, 3.63) is 59.4 Å². The molecule has 0 amide bonds. The van der Waals surface area contributed by atoms with Crippen molar-refractivity contribution in [3.63, 3.8) is 0 Å². The van der Waals surface area contributed by atoms with Gasteiger partial charge < -0.3 is 15.2 Å². The second kappa shape index (κ2) is 5.27. The molecule has 0 saturated carbocycles. The minimum Gasteiger partial charge on any atom is -0.380 e. The first-order chi connectivity index (χ1) is 10.2. The van der Waals surface area contributed by atoms with E-state index in [0.717, 1.165) is 11.3 Å². The van der Waals surface area contributed by atoms with Gasteiger partial charge in [-0.05, 0) is 11.6 Å². The van der Waals surface area contributed by atoms with Crippen LogP contribution in [0, 0.1) is 0 Å².